The predicted octanol–water partition coefficient (Wildman–Crippen LogP) is 4.42. The van der Waals surface area contributed by atoms with Gasteiger partial charge in [0.25, 0.3) is 5.91 Å². The molecule has 7 heteroatoms. The number of nitrogens with one attached hydrogen (secondary N) is 2. The molecule has 7 nitrogen and oxygen atoms in total. The van der Waals surface area contributed by atoms with Crippen LogP contribution >= 0.6 is 0 Å². The van der Waals surface area contributed by atoms with Crippen LogP contribution in [0.5, 0.6) is 5.75 Å². The van der Waals surface area contributed by atoms with Crippen LogP contribution in [0.4, 0.5) is 11.4 Å². The Labute approximate surface area is 205 Å². The third-order valence-electron chi connectivity index (χ3n) is 6.21. The van der Waals surface area contributed by atoms with Gasteiger partial charge in [0, 0.05) is 32.0 Å². The highest BCUT2D eigenvalue weighted by atomic mass is 16.5. The number of likely N-dealkylation sites (tertiary alicyclic amines) is 1. The molecule has 5 rings (SSSR count). The molecule has 0 spiro atoms. The minimum atomic E-state index is -0.297. The molecule has 1 aliphatic carbocycles. The first kappa shape index (κ1) is 23.1. The summed E-state index contributed by atoms with van der Waals surface area (Å²) in [5.41, 5.74) is 3.68. The van der Waals surface area contributed by atoms with E-state index < -0.39 is 0 Å². The number of carbonyl (C=O) groups excluding carboxylic acids is 2. The average Bonchev–Trinajstić information content (AvgIpc) is 3.66. The molecule has 1 saturated heterocycles. The van der Waals surface area contributed by atoms with Crippen LogP contribution in [0.1, 0.15) is 23.2 Å². The quantitative estimate of drug-likeness (QED) is 0.483. The Balaban J connectivity index is 1.29. The van der Waals surface area contributed by atoms with Gasteiger partial charge in [-0.25, -0.2) is 0 Å². The Morgan fingerprint density at radius 1 is 0.886 bits per heavy atom. The van der Waals surface area contributed by atoms with Gasteiger partial charge >= 0.3 is 0 Å². The molecule has 180 valence electrons. The van der Waals surface area contributed by atoms with Gasteiger partial charge in [0.2, 0.25) is 5.91 Å². The van der Waals surface area contributed by atoms with E-state index in [1.54, 1.807) is 25.3 Å². The highest BCUT2D eigenvalue weighted by Gasteiger charge is 2.28. The summed E-state index contributed by atoms with van der Waals surface area (Å²) in [7, 11) is 1.67. The van der Waals surface area contributed by atoms with Crippen molar-refractivity contribution in [3.63, 3.8) is 0 Å². The summed E-state index contributed by atoms with van der Waals surface area (Å²) >= 11 is 0. The molecule has 3 aromatic rings. The molecule has 2 N–H and O–H groups in total. The summed E-state index contributed by atoms with van der Waals surface area (Å²) in [5, 5.41) is 5.85. The van der Waals surface area contributed by atoms with Crippen molar-refractivity contribution in [3.8, 4) is 16.9 Å². The fourth-order valence-corrected chi connectivity index (χ4v) is 4.04. The molecule has 1 saturated carbocycles. The van der Waals surface area contributed by atoms with Crippen molar-refractivity contribution in [1.29, 1.82) is 0 Å². The van der Waals surface area contributed by atoms with E-state index in [2.05, 4.69) is 10.6 Å². The summed E-state index contributed by atoms with van der Waals surface area (Å²) in [5.74, 6) is 0.175. The minimum absolute atomic E-state index is 0.174. The molecule has 0 radical (unpaired) electrons. The third-order valence-corrected chi connectivity index (χ3v) is 6.21. The largest absolute Gasteiger partial charge is 0.490 e. The number of nitrogens with zero attached hydrogens (tertiary/aromatic N) is 1. The zero-order valence-corrected chi connectivity index (χ0v) is 19.7. The standard InChI is InChI=1S/C28H29N3O4/c1-34-24-16-31(17-24)18-27(32)30-26-15-23(35-22-11-12-22)13-14-25(26)28(33)29-21-9-7-20(8-10-21)19-5-3-2-4-6-19/h2-10,13-15,22,24H,11-12,16-18H2,1H3,(H,29,33)(H,30,32). The Morgan fingerprint density at radius 2 is 1.60 bits per heavy atom. The van der Waals surface area contributed by atoms with Gasteiger partial charge in [-0.3, -0.25) is 14.5 Å². The zero-order valence-electron chi connectivity index (χ0n) is 19.7. The Kier molecular flexibility index (Phi) is 6.79. The van der Waals surface area contributed by atoms with Gasteiger partial charge in [0.05, 0.1) is 30.0 Å². The van der Waals surface area contributed by atoms with E-state index in [-0.39, 0.29) is 30.6 Å². The maximum Gasteiger partial charge on any atom is 0.257 e. The van der Waals surface area contributed by atoms with Crippen LogP contribution < -0.4 is 15.4 Å². The number of carbonyl (C=O) groups is 2. The normalized spacial score (nSPS) is 15.8. The van der Waals surface area contributed by atoms with Gasteiger partial charge in [-0.2, -0.15) is 0 Å². The van der Waals surface area contributed by atoms with Crippen molar-refractivity contribution >= 4 is 23.2 Å². The smallest absolute Gasteiger partial charge is 0.257 e. The lowest BCUT2D eigenvalue weighted by molar-refractivity contribution is -0.120. The Bertz CT molecular complexity index is 1190. The number of ether oxygens (including phenoxy) is 2. The van der Waals surface area contributed by atoms with Crippen molar-refractivity contribution in [1.82, 2.24) is 4.90 Å². The van der Waals surface area contributed by atoms with Crippen molar-refractivity contribution in [2.75, 3.05) is 37.4 Å². The molecule has 0 aromatic heterocycles. The number of rotatable bonds is 9. The lowest BCUT2D eigenvalue weighted by atomic mass is 10.1. The zero-order chi connectivity index (χ0) is 24.2. The molecular weight excluding hydrogens is 442 g/mol. The van der Waals surface area contributed by atoms with Crippen molar-refractivity contribution in [3.05, 3.63) is 78.4 Å². The third kappa shape index (κ3) is 5.88. The van der Waals surface area contributed by atoms with Crippen molar-refractivity contribution < 1.29 is 19.1 Å². The molecule has 2 amide bonds. The number of hydrogen-bond acceptors (Lipinski definition) is 5. The Hall–Kier alpha value is -3.68. The molecule has 2 aliphatic rings. The van der Waals surface area contributed by atoms with E-state index in [0.717, 1.165) is 37.1 Å². The topological polar surface area (TPSA) is 79.9 Å². The first-order valence-electron chi connectivity index (χ1n) is 11.9. The summed E-state index contributed by atoms with van der Waals surface area (Å²) < 4.78 is 11.2. The van der Waals surface area contributed by atoms with E-state index >= 15 is 0 Å². The highest BCUT2D eigenvalue weighted by Crippen LogP contribution is 2.30. The van der Waals surface area contributed by atoms with Crippen LogP contribution in [-0.2, 0) is 9.53 Å². The van der Waals surface area contributed by atoms with Gasteiger partial charge in [-0.05, 0) is 48.2 Å². The van der Waals surface area contributed by atoms with E-state index in [1.807, 2.05) is 59.5 Å². The number of anilines is 2. The number of benzene rings is 3. The molecule has 2 fully saturated rings. The van der Waals surface area contributed by atoms with Crippen LogP contribution in [0.15, 0.2) is 72.8 Å². The van der Waals surface area contributed by atoms with Crippen LogP contribution in [-0.4, -0.2) is 55.7 Å². The SMILES string of the molecule is COC1CN(CC(=O)Nc2cc(OC3CC3)ccc2C(=O)Nc2ccc(-c3ccccc3)cc2)C1. The number of methoxy groups -OCH3 is 1. The first-order chi connectivity index (χ1) is 17.1. The van der Waals surface area contributed by atoms with Gasteiger partial charge < -0.3 is 20.1 Å². The molecule has 35 heavy (non-hydrogen) atoms. The predicted molar refractivity (Wildman–Crippen MR) is 136 cm³/mol. The summed E-state index contributed by atoms with van der Waals surface area (Å²) in [6.07, 6.45) is 2.44. The monoisotopic (exact) mass is 471 g/mol. The second-order valence-corrected chi connectivity index (χ2v) is 9.02. The van der Waals surface area contributed by atoms with Crippen molar-refractivity contribution in [2.24, 2.45) is 0 Å². The van der Waals surface area contributed by atoms with Gasteiger partial charge in [0.1, 0.15) is 5.75 Å². The summed E-state index contributed by atoms with van der Waals surface area (Å²) in [6, 6.07) is 23.0. The molecule has 0 bridgehead atoms. The van der Waals surface area contributed by atoms with E-state index in [4.69, 9.17) is 9.47 Å². The molecule has 0 atom stereocenters. The molecule has 3 aromatic carbocycles. The highest BCUT2D eigenvalue weighted by molar-refractivity contribution is 6.10. The van der Waals surface area contributed by atoms with E-state index in [9.17, 15) is 9.59 Å². The van der Waals surface area contributed by atoms with Gasteiger partial charge in [-0.1, -0.05) is 42.5 Å². The molecular formula is C28H29N3O4. The summed E-state index contributed by atoms with van der Waals surface area (Å²) in [6.45, 7) is 1.69. The molecule has 1 aliphatic heterocycles. The maximum absolute atomic E-state index is 13.2. The van der Waals surface area contributed by atoms with E-state index in [0.29, 0.717) is 22.7 Å². The minimum Gasteiger partial charge on any atom is -0.490 e. The maximum atomic E-state index is 13.2. The van der Waals surface area contributed by atoms with Gasteiger partial charge in [-0.15, -0.1) is 0 Å². The lowest BCUT2D eigenvalue weighted by Gasteiger charge is -2.37. The summed E-state index contributed by atoms with van der Waals surface area (Å²) in [4.78, 5) is 27.9. The fraction of sp³-hybridized carbons (Fsp3) is 0.286. The molecule has 1 heterocycles. The second-order valence-electron chi connectivity index (χ2n) is 9.02. The fourth-order valence-electron chi connectivity index (χ4n) is 4.04. The second kappa shape index (κ2) is 10.3. The molecule has 0 unspecified atom stereocenters. The number of hydrogen-bond donors (Lipinski definition) is 2. The van der Waals surface area contributed by atoms with Crippen LogP contribution in [0.3, 0.4) is 0 Å². The van der Waals surface area contributed by atoms with Crippen LogP contribution in [0.25, 0.3) is 11.1 Å². The average molecular weight is 472 g/mol. The lowest BCUT2D eigenvalue weighted by Crippen LogP contribution is -2.54. The Morgan fingerprint density at radius 3 is 2.29 bits per heavy atom. The van der Waals surface area contributed by atoms with Crippen molar-refractivity contribution in [2.45, 2.75) is 25.0 Å². The number of amides is 2. The van der Waals surface area contributed by atoms with E-state index in [1.165, 1.54) is 0 Å². The van der Waals surface area contributed by atoms with Crippen LogP contribution in [0.2, 0.25) is 0 Å². The van der Waals surface area contributed by atoms with Gasteiger partial charge in [0.15, 0.2) is 0 Å². The van der Waals surface area contributed by atoms with Crippen LogP contribution in [0, 0.1) is 0 Å². The first-order valence-corrected chi connectivity index (χ1v) is 11.9.